The lowest BCUT2D eigenvalue weighted by molar-refractivity contribution is 0.00352. The Balaban J connectivity index is 1.92. The molecular weight excluding hydrogens is 162 g/mol. The van der Waals surface area contributed by atoms with Crippen molar-refractivity contribution >= 4 is 0 Å². The Morgan fingerprint density at radius 2 is 2.08 bits per heavy atom. The molecule has 1 N–H and O–H groups in total. The third-order valence-corrected chi connectivity index (χ3v) is 3.73. The number of hydrogen-bond acceptors (Lipinski definition) is 2. The Bertz CT molecular complexity index is 179. The van der Waals surface area contributed by atoms with Gasteiger partial charge >= 0.3 is 0 Å². The molecule has 2 rings (SSSR count). The Morgan fingerprint density at radius 1 is 1.31 bits per heavy atom. The smallest absolute Gasteiger partial charge is 0.0688 e. The summed E-state index contributed by atoms with van der Waals surface area (Å²) in [5.74, 6) is 0.643. The van der Waals surface area contributed by atoms with Crippen molar-refractivity contribution in [3.05, 3.63) is 0 Å². The van der Waals surface area contributed by atoms with Crippen molar-refractivity contribution in [3.8, 4) is 0 Å². The zero-order valence-corrected chi connectivity index (χ0v) is 8.63. The van der Waals surface area contributed by atoms with Gasteiger partial charge in [0.2, 0.25) is 0 Å². The van der Waals surface area contributed by atoms with E-state index in [4.69, 9.17) is 0 Å². The lowest BCUT2D eigenvalue weighted by atomic mass is 9.90. The molecule has 0 aromatic carbocycles. The van der Waals surface area contributed by atoms with Gasteiger partial charge in [0.05, 0.1) is 5.60 Å². The maximum atomic E-state index is 10.4. The largest absolute Gasteiger partial charge is 0.390 e. The molecule has 0 amide bonds. The molecule has 2 nitrogen and oxygen atoms in total. The maximum Gasteiger partial charge on any atom is 0.0688 e. The van der Waals surface area contributed by atoms with Crippen molar-refractivity contribution in [1.29, 1.82) is 0 Å². The first-order chi connectivity index (χ1) is 6.24. The summed E-state index contributed by atoms with van der Waals surface area (Å²) in [5, 5.41) is 10.4. The van der Waals surface area contributed by atoms with Crippen LogP contribution in [0, 0.1) is 5.92 Å². The molecular formula is C11H21NO. The fourth-order valence-electron chi connectivity index (χ4n) is 2.54. The van der Waals surface area contributed by atoms with Crippen LogP contribution in [0.25, 0.3) is 0 Å². The van der Waals surface area contributed by atoms with Crippen LogP contribution in [0.4, 0.5) is 0 Å². The van der Waals surface area contributed by atoms with Crippen molar-refractivity contribution in [3.63, 3.8) is 0 Å². The van der Waals surface area contributed by atoms with Crippen LogP contribution >= 0.6 is 0 Å². The molecule has 0 spiro atoms. The van der Waals surface area contributed by atoms with Crippen LogP contribution in [0.1, 0.15) is 39.0 Å². The van der Waals surface area contributed by atoms with Crippen molar-refractivity contribution < 1.29 is 5.11 Å². The lowest BCUT2D eigenvalue weighted by Gasteiger charge is -2.26. The highest BCUT2D eigenvalue weighted by Crippen LogP contribution is 2.44. The molecule has 2 aliphatic rings. The van der Waals surface area contributed by atoms with Crippen molar-refractivity contribution in [2.24, 2.45) is 5.92 Å². The summed E-state index contributed by atoms with van der Waals surface area (Å²) in [6.07, 6.45) is 5.76. The lowest BCUT2D eigenvalue weighted by Crippen LogP contribution is -2.33. The second-order valence-corrected chi connectivity index (χ2v) is 4.67. The van der Waals surface area contributed by atoms with Crippen LogP contribution in [-0.2, 0) is 0 Å². The topological polar surface area (TPSA) is 23.5 Å². The second-order valence-electron chi connectivity index (χ2n) is 4.67. The van der Waals surface area contributed by atoms with Gasteiger partial charge in [-0.25, -0.2) is 0 Å². The predicted octanol–water partition coefficient (Wildman–Crippen LogP) is 1.63. The van der Waals surface area contributed by atoms with Gasteiger partial charge < -0.3 is 10.0 Å². The van der Waals surface area contributed by atoms with Crippen molar-refractivity contribution in [2.75, 3.05) is 19.6 Å². The molecule has 0 aromatic heterocycles. The first-order valence-corrected chi connectivity index (χ1v) is 5.69. The minimum absolute atomic E-state index is 0.288. The van der Waals surface area contributed by atoms with Gasteiger partial charge in [0, 0.05) is 6.54 Å². The van der Waals surface area contributed by atoms with E-state index < -0.39 is 0 Å². The van der Waals surface area contributed by atoms with E-state index in [2.05, 4.69) is 11.8 Å². The zero-order chi connectivity index (χ0) is 9.31. The predicted molar refractivity (Wildman–Crippen MR) is 53.6 cm³/mol. The van der Waals surface area contributed by atoms with Gasteiger partial charge in [0.25, 0.3) is 0 Å². The number of aliphatic hydroxyl groups is 1. The SMILES string of the molecule is CCN1CCCC(O)(C2CC2)CC1. The van der Waals surface area contributed by atoms with Gasteiger partial charge in [-0.1, -0.05) is 6.92 Å². The Hall–Kier alpha value is -0.0800. The van der Waals surface area contributed by atoms with E-state index in [0.717, 1.165) is 25.9 Å². The highest BCUT2D eigenvalue weighted by molar-refractivity contribution is 4.96. The minimum Gasteiger partial charge on any atom is -0.390 e. The standard InChI is InChI=1S/C11H21NO/c1-2-12-8-3-6-11(13,7-9-12)10-4-5-10/h10,13H,2-9H2,1H3. The molecule has 1 aliphatic heterocycles. The quantitative estimate of drug-likeness (QED) is 0.703. The van der Waals surface area contributed by atoms with E-state index >= 15 is 0 Å². The van der Waals surface area contributed by atoms with E-state index in [1.54, 1.807) is 0 Å². The summed E-state index contributed by atoms with van der Waals surface area (Å²) >= 11 is 0. The average Bonchev–Trinajstić information content (AvgIpc) is 2.90. The summed E-state index contributed by atoms with van der Waals surface area (Å²) in [5.41, 5.74) is -0.288. The van der Waals surface area contributed by atoms with E-state index in [0.29, 0.717) is 5.92 Å². The summed E-state index contributed by atoms with van der Waals surface area (Å²) in [7, 11) is 0. The molecule has 13 heavy (non-hydrogen) atoms. The van der Waals surface area contributed by atoms with Crippen molar-refractivity contribution in [2.45, 2.75) is 44.6 Å². The van der Waals surface area contributed by atoms with Crippen LogP contribution in [0.5, 0.6) is 0 Å². The molecule has 2 fully saturated rings. The van der Waals surface area contributed by atoms with E-state index in [1.165, 1.54) is 25.8 Å². The average molecular weight is 183 g/mol. The maximum absolute atomic E-state index is 10.4. The Morgan fingerprint density at radius 3 is 2.69 bits per heavy atom. The highest BCUT2D eigenvalue weighted by Gasteiger charge is 2.43. The number of nitrogens with zero attached hydrogens (tertiary/aromatic N) is 1. The monoisotopic (exact) mass is 183 g/mol. The van der Waals surface area contributed by atoms with Crippen LogP contribution in [0.2, 0.25) is 0 Å². The van der Waals surface area contributed by atoms with Crippen LogP contribution in [0.15, 0.2) is 0 Å². The third kappa shape index (κ3) is 2.05. The second kappa shape index (κ2) is 3.58. The van der Waals surface area contributed by atoms with E-state index in [1.807, 2.05) is 0 Å². The Labute approximate surface area is 80.9 Å². The van der Waals surface area contributed by atoms with Gasteiger partial charge in [-0.15, -0.1) is 0 Å². The van der Waals surface area contributed by atoms with Gasteiger partial charge in [-0.05, 0) is 51.1 Å². The summed E-state index contributed by atoms with van der Waals surface area (Å²) in [4.78, 5) is 2.46. The molecule has 1 unspecified atom stereocenters. The molecule has 0 radical (unpaired) electrons. The van der Waals surface area contributed by atoms with Crippen molar-refractivity contribution in [1.82, 2.24) is 4.90 Å². The molecule has 76 valence electrons. The van der Waals surface area contributed by atoms with E-state index in [-0.39, 0.29) is 5.60 Å². The number of likely N-dealkylation sites (tertiary alicyclic amines) is 1. The first-order valence-electron chi connectivity index (χ1n) is 5.69. The molecule has 1 heterocycles. The van der Waals surface area contributed by atoms with E-state index in [9.17, 15) is 5.11 Å². The molecule has 0 aromatic rings. The molecule has 1 atom stereocenters. The van der Waals surface area contributed by atoms with Gasteiger partial charge in [0.1, 0.15) is 0 Å². The highest BCUT2D eigenvalue weighted by atomic mass is 16.3. The van der Waals surface area contributed by atoms with Gasteiger partial charge in [-0.3, -0.25) is 0 Å². The van der Waals surface area contributed by atoms with Crippen LogP contribution in [-0.4, -0.2) is 35.2 Å². The summed E-state index contributed by atoms with van der Waals surface area (Å²) in [6, 6.07) is 0. The first kappa shape index (κ1) is 9.47. The van der Waals surface area contributed by atoms with Gasteiger partial charge in [0.15, 0.2) is 0 Å². The summed E-state index contributed by atoms with van der Waals surface area (Å²) < 4.78 is 0. The van der Waals surface area contributed by atoms with Crippen LogP contribution < -0.4 is 0 Å². The normalized spacial score (nSPS) is 37.4. The summed E-state index contributed by atoms with van der Waals surface area (Å²) in [6.45, 7) is 5.64. The zero-order valence-electron chi connectivity index (χ0n) is 8.63. The molecule has 1 aliphatic carbocycles. The number of hydrogen-bond donors (Lipinski definition) is 1. The Kier molecular flexibility index (Phi) is 2.61. The number of rotatable bonds is 2. The minimum atomic E-state index is -0.288. The molecule has 1 saturated heterocycles. The van der Waals surface area contributed by atoms with Crippen LogP contribution in [0.3, 0.4) is 0 Å². The molecule has 1 saturated carbocycles. The van der Waals surface area contributed by atoms with Gasteiger partial charge in [-0.2, -0.15) is 0 Å². The third-order valence-electron chi connectivity index (χ3n) is 3.73. The fourth-order valence-corrected chi connectivity index (χ4v) is 2.54. The molecule has 2 heteroatoms. The molecule has 0 bridgehead atoms. The fraction of sp³-hybridized carbons (Fsp3) is 1.00.